The second kappa shape index (κ2) is 50.3. The number of phenols is 1. The Kier molecular flexibility index (Phi) is 39.8. The lowest BCUT2D eigenvalue weighted by molar-refractivity contribution is -0.149. The minimum atomic E-state index is -1.86. The number of aliphatic hydroxyl groups is 2. The molecule has 6 aromatic rings. The number of benzene rings is 3. The molecule has 16 amide bonds. The molecule has 3 aromatic carbocycles. The number of hydrogen-bond acceptors (Lipinski definition) is 25. The standard InChI is InChI=1S/C84H117N23O19S3/c1-6-7-19-66(83(126)104(3)63(27-31-127-5)77(120)97-55(18-12-28-92-84(88)89)73(116)103-62(72(115)94-39-69(87)112)43-128-44-70(113)96-56(71(114)90-2)32-46-23-25-50(110)26-24-46)105(4)81(124)59(34-48-42-129-67-22-11-9-16-52(48)67)100-76(119)60(40-108)101-74(117)57(33-47-37-93-54-17-10-8-15-51(47)54)98-79(122)65-21-14-30-107(65)82(125)61(41-109)102-75(118)58(35-49-38-91-45-95-49)99-78(121)64-20-13-29-106(64)80(123)53(85)36-68(86)111/h8-11,15-17,22-26,37-38,42,45,53,55-66,93,108-110H,6-7,12-14,18-21,27-36,39-41,43-44,85H2,1-5H3,(H2,86,111)(H2,87,112)(H,90,114)(H,91,95)(H,94,115)(H,96,113)(H,97,120)(H,98,122)(H,99,121)(H,100,119)(H,101,117)(H,102,118)(H,103,116)(H4,88,89,92)/t53-,55-,56-,57-,58-,59-,60-,61-,62?,63-,64-,65-,66-/m0/s1. The van der Waals surface area contributed by atoms with Crippen LogP contribution in [0.25, 0.3) is 21.0 Å². The highest BCUT2D eigenvalue weighted by atomic mass is 32.2. The first-order valence-corrected chi connectivity index (χ1v) is 45.6. The number of unbranched alkanes of at least 4 members (excludes halogenated alkanes) is 1. The average molecular weight is 1850 g/mol. The van der Waals surface area contributed by atoms with Crippen molar-refractivity contribution in [2.24, 2.45) is 22.9 Å². The molecule has 2 saturated heterocycles. The van der Waals surface area contributed by atoms with Crippen molar-refractivity contribution in [2.75, 3.05) is 84.1 Å². The van der Waals surface area contributed by atoms with Gasteiger partial charge in [0, 0.05) is 106 Å². The van der Waals surface area contributed by atoms with Crippen molar-refractivity contribution in [3.8, 4) is 5.75 Å². The van der Waals surface area contributed by atoms with Gasteiger partial charge in [-0.3, -0.25) is 82.1 Å². The van der Waals surface area contributed by atoms with Crippen molar-refractivity contribution in [3.63, 3.8) is 0 Å². The SMILES string of the molecule is CCCC[C@@H](C(=O)N(C)[C@@H](CCSC)C(=O)N[C@@H](CCCNC(=N)N)C(=O)NC(CSCC(=O)N[C@@H](Cc1ccc(O)cc1)C(=O)NC)C(=O)NCC(N)=O)N(C)C(=O)[C@H](Cc1csc2ccccc12)NC(=O)[C@H](CO)NC(=O)[C@H](Cc1c[nH]c2ccccc12)NC(=O)[C@@H]1CCCN1C(=O)[C@H](CO)NC(=O)[C@H](Cc1cnc[nH]1)NC(=O)[C@@H]1CCCN1C(=O)[C@@H](N)CC(N)=O. The van der Waals surface area contributed by atoms with Gasteiger partial charge < -0.3 is 126 Å². The molecule has 2 fully saturated rings. The first-order valence-electron chi connectivity index (χ1n) is 42.2. The number of amides is 16. The second-order valence-corrected chi connectivity index (χ2v) is 34.3. The molecule has 0 aliphatic carbocycles. The van der Waals surface area contributed by atoms with Gasteiger partial charge in [-0.15, -0.1) is 23.1 Å². The fourth-order valence-electron chi connectivity index (χ4n) is 15.2. The number of thioether (sulfide) groups is 2. The van der Waals surface area contributed by atoms with Gasteiger partial charge in [-0.05, 0) is 115 Å². The van der Waals surface area contributed by atoms with E-state index in [1.54, 1.807) is 60.3 Å². The quantitative estimate of drug-likeness (QED) is 0.00985. The maximum atomic E-state index is 15.7. The third-order valence-electron chi connectivity index (χ3n) is 22.1. The van der Waals surface area contributed by atoms with Crippen LogP contribution in [0.4, 0.5) is 0 Å². The summed E-state index contributed by atoms with van der Waals surface area (Å²) in [6.45, 7) is -0.820. The first-order chi connectivity index (χ1) is 61.7. The molecule has 0 saturated carbocycles. The Balaban J connectivity index is 1.01. The zero-order valence-corrected chi connectivity index (χ0v) is 74.8. The molecule has 0 bridgehead atoms. The van der Waals surface area contributed by atoms with Crippen LogP contribution in [0.2, 0.25) is 0 Å². The minimum absolute atomic E-state index is 0.00707. The van der Waals surface area contributed by atoms with Gasteiger partial charge in [-0.1, -0.05) is 68.3 Å². The maximum Gasteiger partial charge on any atom is 0.248 e. The van der Waals surface area contributed by atoms with E-state index >= 15 is 24.0 Å². The van der Waals surface area contributed by atoms with Crippen molar-refractivity contribution in [3.05, 3.63) is 119 Å². The number of likely N-dealkylation sites (N-methyl/N-ethyl adjacent to an activating group) is 3. The topological polar surface area (TPSA) is 652 Å². The Morgan fingerprint density at radius 3 is 1.80 bits per heavy atom. The molecule has 2 aliphatic rings. The van der Waals surface area contributed by atoms with Crippen LogP contribution in [0.15, 0.2) is 96.9 Å². The number of aromatic hydroxyl groups is 1. The van der Waals surface area contributed by atoms with Crippen LogP contribution >= 0.6 is 34.9 Å². The van der Waals surface area contributed by atoms with E-state index < -0.39 is 205 Å². The van der Waals surface area contributed by atoms with E-state index in [-0.39, 0.29) is 113 Å². The number of aromatic nitrogens is 3. The summed E-state index contributed by atoms with van der Waals surface area (Å²) in [5, 5.41) is 71.4. The Morgan fingerprint density at radius 1 is 0.597 bits per heavy atom. The molecule has 5 heterocycles. The number of guanidine groups is 1. The zero-order chi connectivity index (χ0) is 94.1. The summed E-state index contributed by atoms with van der Waals surface area (Å²) in [5.74, 6) is -14.3. The Morgan fingerprint density at radius 2 is 1.18 bits per heavy atom. The number of nitrogens with one attached hydrogen (secondary N) is 14. The summed E-state index contributed by atoms with van der Waals surface area (Å²) in [6, 6.07) is 1.56. The van der Waals surface area contributed by atoms with Crippen LogP contribution in [0.3, 0.4) is 0 Å². The van der Waals surface area contributed by atoms with Gasteiger partial charge in [0.15, 0.2) is 5.96 Å². The van der Waals surface area contributed by atoms with Gasteiger partial charge in [0.05, 0.1) is 44.3 Å². The van der Waals surface area contributed by atoms with Gasteiger partial charge >= 0.3 is 0 Å². The Labute approximate surface area is 756 Å². The van der Waals surface area contributed by atoms with Gasteiger partial charge in [-0.2, -0.15) is 11.8 Å². The molecule has 1 unspecified atom stereocenters. The van der Waals surface area contributed by atoms with E-state index in [2.05, 4.69) is 73.4 Å². The minimum Gasteiger partial charge on any atom is -0.508 e. The van der Waals surface area contributed by atoms with Crippen LogP contribution in [-0.4, -0.2) is 313 Å². The van der Waals surface area contributed by atoms with E-state index in [0.717, 1.165) is 31.2 Å². The predicted octanol–water partition coefficient (Wildman–Crippen LogP) is -3.93. The van der Waals surface area contributed by atoms with Crippen molar-refractivity contribution in [1.82, 2.24) is 93.0 Å². The highest BCUT2D eigenvalue weighted by Gasteiger charge is 2.44. The number of fused-ring (bicyclic) bond motifs is 2. The number of nitrogens with two attached hydrogens (primary N) is 4. The van der Waals surface area contributed by atoms with Crippen molar-refractivity contribution in [2.45, 2.75) is 182 Å². The number of para-hydroxylation sites is 1. The number of carbonyl (C=O) groups excluding carboxylic acids is 16. The molecule has 0 spiro atoms. The van der Waals surface area contributed by atoms with Gasteiger partial charge in [0.2, 0.25) is 94.5 Å². The van der Waals surface area contributed by atoms with E-state index in [9.17, 15) is 68.1 Å². The Bertz CT molecular complexity index is 4920. The summed E-state index contributed by atoms with van der Waals surface area (Å²) >= 11 is 3.56. The van der Waals surface area contributed by atoms with Gasteiger partial charge in [0.25, 0.3) is 0 Å². The van der Waals surface area contributed by atoms with E-state index in [1.165, 1.54) is 73.8 Å². The van der Waals surface area contributed by atoms with Crippen molar-refractivity contribution < 1.29 is 92.0 Å². The molecule has 8 rings (SSSR count). The smallest absolute Gasteiger partial charge is 0.248 e. The summed E-state index contributed by atoms with van der Waals surface area (Å²) in [7, 11) is 4.09. The van der Waals surface area contributed by atoms with Crippen molar-refractivity contribution >= 4 is 156 Å². The lowest BCUT2D eigenvalue weighted by Gasteiger charge is -2.36. The fraction of sp³-hybridized carbons (Fsp3) is 0.500. The number of thiophene rings is 1. The van der Waals surface area contributed by atoms with Crippen LogP contribution in [0.5, 0.6) is 5.75 Å². The summed E-state index contributed by atoms with van der Waals surface area (Å²) < 4.78 is 0.816. The number of H-pyrrole nitrogens is 2. The number of hydrogen-bond donors (Lipinski definition) is 21. The molecule has 0 radical (unpaired) electrons. The number of aromatic amines is 2. The third kappa shape index (κ3) is 29.5. The van der Waals surface area contributed by atoms with Crippen molar-refractivity contribution in [1.29, 1.82) is 5.41 Å². The predicted molar refractivity (Wildman–Crippen MR) is 481 cm³/mol. The number of rotatable bonds is 51. The zero-order valence-electron chi connectivity index (χ0n) is 72.4. The van der Waals surface area contributed by atoms with Crippen LogP contribution in [0, 0.1) is 5.41 Å². The largest absolute Gasteiger partial charge is 0.508 e. The summed E-state index contributed by atoms with van der Waals surface area (Å²) in [6.07, 6.45) is 6.49. The molecule has 3 aromatic heterocycles. The molecule has 13 atom stereocenters. The van der Waals surface area contributed by atoms with E-state index in [0.29, 0.717) is 57.9 Å². The summed E-state index contributed by atoms with van der Waals surface area (Å²) in [4.78, 5) is 241. The molecule has 42 nitrogen and oxygen atoms in total. The molecule has 700 valence electrons. The number of likely N-dealkylation sites (tertiary alicyclic amines) is 2. The molecule has 129 heavy (non-hydrogen) atoms. The molecular weight excluding hydrogens is 1730 g/mol. The average Bonchev–Trinajstić information content (AvgIpc) is 1.72. The molecule has 25 N–H and O–H groups in total. The molecular formula is C84H117N23O19S3. The third-order valence-corrected chi connectivity index (χ3v) is 24.8. The monoisotopic (exact) mass is 1850 g/mol. The lowest BCUT2D eigenvalue weighted by Crippen LogP contribution is -2.62. The van der Waals surface area contributed by atoms with Crippen LogP contribution in [-0.2, 0) is 102 Å². The summed E-state index contributed by atoms with van der Waals surface area (Å²) in [5.41, 5.74) is 24.9. The normalized spacial score (nSPS) is 16.2. The number of phenolic OH excluding ortho intramolecular Hbond substituents is 1. The number of primary amides is 2. The van der Waals surface area contributed by atoms with E-state index in [4.69, 9.17) is 28.3 Å². The molecule has 45 heteroatoms. The van der Waals surface area contributed by atoms with Crippen LogP contribution in [0.1, 0.15) is 99.9 Å². The van der Waals surface area contributed by atoms with Gasteiger partial charge in [0.1, 0.15) is 78.3 Å². The van der Waals surface area contributed by atoms with Gasteiger partial charge in [-0.25, -0.2) is 4.98 Å². The second-order valence-electron chi connectivity index (χ2n) is 31.4. The highest BCUT2D eigenvalue weighted by Crippen LogP contribution is 2.29. The number of imidazole rings is 1. The number of nitrogens with zero attached hydrogens (tertiary/aromatic N) is 5. The number of carbonyl (C=O) groups is 16. The fourth-order valence-corrected chi connectivity index (χ4v) is 17.5. The van der Waals surface area contributed by atoms with Crippen LogP contribution < -0.4 is 81.4 Å². The first kappa shape index (κ1) is 102. The lowest BCUT2D eigenvalue weighted by atomic mass is 10.0. The Hall–Kier alpha value is -12.5. The maximum absolute atomic E-state index is 15.7. The van der Waals surface area contributed by atoms with E-state index in [1.807, 2.05) is 25.1 Å². The molecule has 2 aliphatic heterocycles. The highest BCUT2D eigenvalue weighted by molar-refractivity contribution is 8.00. The number of aliphatic hydroxyl groups excluding tert-OH is 2.